The summed E-state index contributed by atoms with van der Waals surface area (Å²) in [6.45, 7) is 6.24. The van der Waals surface area contributed by atoms with Crippen LogP contribution >= 0.6 is 23.2 Å². The molecular formula is C15H22Cl2N2. The van der Waals surface area contributed by atoms with Gasteiger partial charge < -0.3 is 5.73 Å². The van der Waals surface area contributed by atoms with Crippen molar-refractivity contribution in [1.82, 2.24) is 4.90 Å². The molecule has 0 spiro atoms. The molecule has 3 unspecified atom stereocenters. The van der Waals surface area contributed by atoms with Gasteiger partial charge in [0.2, 0.25) is 0 Å². The molecule has 2 rings (SSSR count). The highest BCUT2D eigenvalue weighted by Crippen LogP contribution is 2.34. The molecule has 1 aliphatic rings. The Balaban J connectivity index is 2.26. The van der Waals surface area contributed by atoms with Crippen molar-refractivity contribution < 1.29 is 0 Å². The SMILES string of the molecule is CC1CCN(C(CN)c2cc(Cl)ccc2Cl)C(C)C1. The normalized spacial score (nSPS) is 26.4. The first-order chi connectivity index (χ1) is 9.02. The molecule has 1 saturated heterocycles. The van der Waals surface area contributed by atoms with E-state index in [9.17, 15) is 0 Å². The van der Waals surface area contributed by atoms with E-state index in [1.165, 1.54) is 12.8 Å². The Morgan fingerprint density at radius 2 is 2.11 bits per heavy atom. The number of halogens is 2. The van der Waals surface area contributed by atoms with Crippen LogP contribution < -0.4 is 5.73 Å². The lowest BCUT2D eigenvalue weighted by molar-refractivity contribution is 0.0848. The number of piperidine rings is 1. The van der Waals surface area contributed by atoms with Crippen LogP contribution in [-0.2, 0) is 0 Å². The summed E-state index contributed by atoms with van der Waals surface area (Å²) < 4.78 is 0. The molecule has 0 amide bonds. The lowest BCUT2D eigenvalue weighted by Crippen LogP contribution is -2.45. The number of benzene rings is 1. The molecule has 1 heterocycles. The van der Waals surface area contributed by atoms with Crippen LogP contribution in [-0.4, -0.2) is 24.0 Å². The summed E-state index contributed by atoms with van der Waals surface area (Å²) in [7, 11) is 0. The Bertz CT molecular complexity index is 436. The van der Waals surface area contributed by atoms with Gasteiger partial charge >= 0.3 is 0 Å². The van der Waals surface area contributed by atoms with Gasteiger partial charge in [0.15, 0.2) is 0 Å². The Morgan fingerprint density at radius 3 is 2.74 bits per heavy atom. The molecule has 4 heteroatoms. The van der Waals surface area contributed by atoms with Crippen LogP contribution in [0.1, 0.15) is 38.3 Å². The average molecular weight is 301 g/mol. The molecule has 1 aromatic rings. The molecule has 1 fully saturated rings. The van der Waals surface area contributed by atoms with Crippen molar-refractivity contribution in [3.05, 3.63) is 33.8 Å². The Morgan fingerprint density at radius 1 is 1.37 bits per heavy atom. The van der Waals surface area contributed by atoms with E-state index in [0.29, 0.717) is 12.6 Å². The van der Waals surface area contributed by atoms with E-state index in [1.807, 2.05) is 18.2 Å². The van der Waals surface area contributed by atoms with Gasteiger partial charge in [0.25, 0.3) is 0 Å². The van der Waals surface area contributed by atoms with Gasteiger partial charge in [-0.2, -0.15) is 0 Å². The van der Waals surface area contributed by atoms with Crippen LogP contribution in [0.4, 0.5) is 0 Å². The van der Waals surface area contributed by atoms with Crippen molar-refractivity contribution in [3.8, 4) is 0 Å². The molecule has 0 aliphatic carbocycles. The number of likely N-dealkylation sites (tertiary alicyclic amines) is 1. The van der Waals surface area contributed by atoms with Crippen molar-refractivity contribution >= 4 is 23.2 Å². The van der Waals surface area contributed by atoms with Crippen LogP contribution in [0.5, 0.6) is 0 Å². The molecule has 2 N–H and O–H groups in total. The minimum absolute atomic E-state index is 0.161. The maximum Gasteiger partial charge on any atom is 0.0488 e. The molecule has 3 atom stereocenters. The predicted octanol–water partition coefficient (Wildman–Crippen LogP) is 4.11. The molecule has 106 valence electrons. The van der Waals surface area contributed by atoms with E-state index in [2.05, 4.69) is 18.7 Å². The van der Waals surface area contributed by atoms with E-state index in [4.69, 9.17) is 28.9 Å². The third kappa shape index (κ3) is 3.43. The quantitative estimate of drug-likeness (QED) is 0.910. The zero-order chi connectivity index (χ0) is 14.0. The maximum absolute atomic E-state index is 6.32. The second-order valence-corrected chi connectivity index (χ2v) is 6.48. The molecule has 0 aromatic heterocycles. The summed E-state index contributed by atoms with van der Waals surface area (Å²) in [5.74, 6) is 0.791. The van der Waals surface area contributed by atoms with E-state index in [0.717, 1.165) is 28.1 Å². The van der Waals surface area contributed by atoms with Crippen molar-refractivity contribution in [3.63, 3.8) is 0 Å². The van der Waals surface area contributed by atoms with Crippen molar-refractivity contribution in [1.29, 1.82) is 0 Å². The van der Waals surface area contributed by atoms with Crippen molar-refractivity contribution in [2.45, 2.75) is 38.8 Å². The largest absolute Gasteiger partial charge is 0.329 e. The summed E-state index contributed by atoms with van der Waals surface area (Å²) in [6, 6.07) is 6.33. The van der Waals surface area contributed by atoms with Gasteiger partial charge in [-0.25, -0.2) is 0 Å². The number of rotatable bonds is 3. The van der Waals surface area contributed by atoms with Gasteiger partial charge in [0.1, 0.15) is 0 Å². The highest BCUT2D eigenvalue weighted by molar-refractivity contribution is 6.33. The molecule has 2 nitrogen and oxygen atoms in total. The molecule has 1 aromatic carbocycles. The summed E-state index contributed by atoms with van der Waals surface area (Å²) in [5.41, 5.74) is 7.06. The monoisotopic (exact) mass is 300 g/mol. The van der Waals surface area contributed by atoms with Crippen LogP contribution in [0.2, 0.25) is 10.0 Å². The molecule has 19 heavy (non-hydrogen) atoms. The number of nitrogens with two attached hydrogens (primary N) is 1. The highest BCUT2D eigenvalue weighted by atomic mass is 35.5. The molecule has 1 aliphatic heterocycles. The van der Waals surface area contributed by atoms with Gasteiger partial charge in [-0.1, -0.05) is 30.1 Å². The fourth-order valence-corrected chi connectivity index (χ4v) is 3.52. The standard InChI is InChI=1S/C15H22Cl2N2/c1-10-5-6-19(11(2)7-10)15(9-18)13-8-12(16)3-4-14(13)17/h3-4,8,10-11,15H,5-7,9,18H2,1-2H3. The van der Waals surface area contributed by atoms with Crippen molar-refractivity contribution in [2.24, 2.45) is 11.7 Å². The zero-order valence-electron chi connectivity index (χ0n) is 11.6. The topological polar surface area (TPSA) is 29.3 Å². The first kappa shape index (κ1) is 15.1. The van der Waals surface area contributed by atoms with E-state index in [1.54, 1.807) is 0 Å². The third-order valence-electron chi connectivity index (χ3n) is 4.13. The van der Waals surface area contributed by atoms with Gasteiger partial charge in [-0.3, -0.25) is 4.90 Å². The van der Waals surface area contributed by atoms with E-state index in [-0.39, 0.29) is 6.04 Å². The molecular weight excluding hydrogens is 279 g/mol. The first-order valence-corrected chi connectivity index (χ1v) is 7.69. The lowest BCUT2D eigenvalue weighted by Gasteiger charge is -2.41. The average Bonchev–Trinajstić information content (AvgIpc) is 2.36. The number of nitrogens with zero attached hydrogens (tertiary/aromatic N) is 1. The second-order valence-electron chi connectivity index (χ2n) is 5.63. The minimum Gasteiger partial charge on any atom is -0.329 e. The van der Waals surface area contributed by atoms with Crippen molar-refractivity contribution in [2.75, 3.05) is 13.1 Å². The van der Waals surface area contributed by atoms with E-state index < -0.39 is 0 Å². The predicted molar refractivity (Wildman–Crippen MR) is 82.8 cm³/mol. The van der Waals surface area contributed by atoms with Crippen LogP contribution in [0, 0.1) is 5.92 Å². The Hall–Kier alpha value is -0.280. The zero-order valence-corrected chi connectivity index (χ0v) is 13.1. The smallest absolute Gasteiger partial charge is 0.0488 e. The second kappa shape index (κ2) is 6.45. The third-order valence-corrected chi connectivity index (χ3v) is 4.71. The fraction of sp³-hybridized carbons (Fsp3) is 0.600. The molecule has 0 saturated carbocycles. The van der Waals surface area contributed by atoms with E-state index >= 15 is 0 Å². The van der Waals surface area contributed by atoms with Gasteiger partial charge in [-0.15, -0.1) is 0 Å². The summed E-state index contributed by atoms with van der Waals surface area (Å²) in [4.78, 5) is 2.47. The maximum atomic E-state index is 6.32. The summed E-state index contributed by atoms with van der Waals surface area (Å²) >= 11 is 12.4. The Labute approximate surface area is 125 Å². The number of hydrogen-bond acceptors (Lipinski definition) is 2. The van der Waals surface area contributed by atoms with Crippen LogP contribution in [0.15, 0.2) is 18.2 Å². The summed E-state index contributed by atoms with van der Waals surface area (Å²) in [5, 5.41) is 1.47. The minimum atomic E-state index is 0.161. The van der Waals surface area contributed by atoms with Crippen LogP contribution in [0.25, 0.3) is 0 Å². The highest BCUT2D eigenvalue weighted by Gasteiger charge is 2.30. The first-order valence-electron chi connectivity index (χ1n) is 6.93. The fourth-order valence-electron chi connectivity index (χ4n) is 3.10. The lowest BCUT2D eigenvalue weighted by atomic mass is 9.90. The van der Waals surface area contributed by atoms with Crippen LogP contribution in [0.3, 0.4) is 0 Å². The number of hydrogen-bond donors (Lipinski definition) is 1. The summed E-state index contributed by atoms with van der Waals surface area (Å²) in [6.07, 6.45) is 2.44. The van der Waals surface area contributed by atoms with Gasteiger partial charge in [0, 0.05) is 28.7 Å². The van der Waals surface area contributed by atoms with Gasteiger partial charge in [0.05, 0.1) is 0 Å². The molecule has 0 radical (unpaired) electrons. The molecule has 0 bridgehead atoms. The Kier molecular flexibility index (Phi) is 5.13. The van der Waals surface area contributed by atoms with Gasteiger partial charge in [-0.05, 0) is 56.0 Å².